The van der Waals surface area contributed by atoms with Crippen molar-refractivity contribution in [3.63, 3.8) is 0 Å². The van der Waals surface area contributed by atoms with Gasteiger partial charge in [0.05, 0.1) is 5.69 Å². The molecule has 0 saturated carbocycles. The molecule has 0 bridgehead atoms. The largest absolute Gasteiger partial charge is 0.275 e. The molecule has 0 aliphatic carbocycles. The molecule has 0 aliphatic heterocycles. The van der Waals surface area contributed by atoms with E-state index in [1.165, 1.54) is 34.0 Å². The molecule has 86 valence electrons. The van der Waals surface area contributed by atoms with Gasteiger partial charge in [-0.15, -0.1) is 22.7 Å². The minimum atomic E-state index is -3.44. The van der Waals surface area contributed by atoms with Gasteiger partial charge in [-0.05, 0) is 18.4 Å². The zero-order valence-electron chi connectivity index (χ0n) is 8.75. The Morgan fingerprint density at radius 2 is 2.12 bits per heavy atom. The van der Waals surface area contributed by atoms with Crippen LogP contribution in [0.4, 0.5) is 5.13 Å². The summed E-state index contributed by atoms with van der Waals surface area (Å²) in [5.74, 6) is 0. The highest BCUT2D eigenvalue weighted by atomic mass is 32.2. The molecule has 7 heteroatoms. The van der Waals surface area contributed by atoms with Gasteiger partial charge in [0, 0.05) is 12.4 Å². The van der Waals surface area contributed by atoms with Gasteiger partial charge in [-0.25, -0.2) is 17.7 Å². The number of hydrogen-bond donors (Lipinski definition) is 0. The molecule has 0 saturated heterocycles. The Bertz CT molecular complexity index is 572. The first kappa shape index (κ1) is 11.6. The monoisotopic (exact) mass is 274 g/mol. The molecule has 0 N–H and O–H groups in total. The molecule has 0 unspecified atom stereocenters. The molecule has 0 atom stereocenters. The third-order valence-electron chi connectivity index (χ3n) is 1.99. The van der Waals surface area contributed by atoms with E-state index in [1.54, 1.807) is 17.5 Å². The fourth-order valence-electron chi connectivity index (χ4n) is 1.13. The van der Waals surface area contributed by atoms with Crippen LogP contribution in [0.1, 0.15) is 5.69 Å². The predicted octanol–water partition coefficient (Wildman–Crippen LogP) is 2.34. The lowest BCUT2D eigenvalue weighted by molar-refractivity contribution is 0.596. The van der Waals surface area contributed by atoms with E-state index in [0.717, 1.165) is 5.69 Å². The first-order valence-corrected chi connectivity index (χ1v) is 7.66. The van der Waals surface area contributed by atoms with Crippen LogP contribution in [0.5, 0.6) is 0 Å². The van der Waals surface area contributed by atoms with E-state index >= 15 is 0 Å². The first-order chi connectivity index (χ1) is 7.51. The Hall–Kier alpha value is -0.920. The van der Waals surface area contributed by atoms with Gasteiger partial charge in [-0.2, -0.15) is 0 Å². The van der Waals surface area contributed by atoms with E-state index in [4.69, 9.17) is 0 Å². The minimum absolute atomic E-state index is 0.336. The molecular weight excluding hydrogens is 264 g/mol. The van der Waals surface area contributed by atoms with Crippen LogP contribution >= 0.6 is 22.7 Å². The van der Waals surface area contributed by atoms with E-state index in [9.17, 15) is 8.42 Å². The van der Waals surface area contributed by atoms with Crippen molar-refractivity contribution >= 4 is 37.8 Å². The van der Waals surface area contributed by atoms with Crippen LogP contribution in [-0.2, 0) is 10.0 Å². The summed E-state index contributed by atoms with van der Waals surface area (Å²) < 4.78 is 25.8. The number of thiazole rings is 1. The summed E-state index contributed by atoms with van der Waals surface area (Å²) in [5, 5.41) is 4.06. The molecule has 0 fully saturated rings. The lowest BCUT2D eigenvalue weighted by atomic mass is 10.6. The third-order valence-corrected chi connectivity index (χ3v) is 6.26. The number of aromatic nitrogens is 1. The quantitative estimate of drug-likeness (QED) is 0.863. The van der Waals surface area contributed by atoms with Gasteiger partial charge < -0.3 is 0 Å². The lowest BCUT2D eigenvalue weighted by Crippen LogP contribution is -2.25. The number of sulfonamides is 1. The third kappa shape index (κ3) is 1.98. The van der Waals surface area contributed by atoms with Crippen LogP contribution in [-0.4, -0.2) is 20.4 Å². The van der Waals surface area contributed by atoms with Gasteiger partial charge in [0.1, 0.15) is 4.21 Å². The van der Waals surface area contributed by atoms with Gasteiger partial charge in [-0.1, -0.05) is 6.07 Å². The Labute approximate surface area is 102 Å². The Morgan fingerprint density at radius 3 is 2.62 bits per heavy atom. The summed E-state index contributed by atoms with van der Waals surface area (Å²) in [5.41, 5.74) is 0.827. The maximum absolute atomic E-state index is 12.1. The molecule has 2 rings (SSSR count). The van der Waals surface area contributed by atoms with Gasteiger partial charge >= 0.3 is 0 Å². The van der Waals surface area contributed by atoms with E-state index in [1.807, 2.05) is 12.3 Å². The van der Waals surface area contributed by atoms with Gasteiger partial charge in [0.2, 0.25) is 0 Å². The van der Waals surface area contributed by atoms with E-state index < -0.39 is 10.0 Å². The molecule has 2 aromatic rings. The van der Waals surface area contributed by atoms with Gasteiger partial charge in [-0.3, -0.25) is 0 Å². The topological polar surface area (TPSA) is 50.3 Å². The van der Waals surface area contributed by atoms with Gasteiger partial charge in [0.15, 0.2) is 5.13 Å². The molecule has 0 spiro atoms. The zero-order valence-corrected chi connectivity index (χ0v) is 11.2. The standard InChI is InChI=1S/C9H10N2O2S3/c1-7-6-15-9(10-7)11(2)16(12,13)8-4-3-5-14-8/h3-6H,1-2H3. The SMILES string of the molecule is Cc1csc(N(C)S(=O)(=O)c2cccs2)n1. The summed E-state index contributed by atoms with van der Waals surface area (Å²) in [6, 6.07) is 3.31. The highest BCUT2D eigenvalue weighted by Crippen LogP contribution is 2.27. The molecule has 0 amide bonds. The van der Waals surface area contributed by atoms with Crippen molar-refractivity contribution in [2.45, 2.75) is 11.1 Å². The summed E-state index contributed by atoms with van der Waals surface area (Å²) in [6.07, 6.45) is 0. The van der Waals surface area contributed by atoms with Crippen molar-refractivity contribution in [3.8, 4) is 0 Å². The molecule has 2 aromatic heterocycles. The van der Waals surface area contributed by atoms with Crippen molar-refractivity contribution in [2.24, 2.45) is 0 Å². The number of hydrogen-bond acceptors (Lipinski definition) is 5. The number of anilines is 1. The Kier molecular flexibility index (Phi) is 3.00. The number of thiophene rings is 1. The second-order valence-corrected chi connectivity index (χ2v) is 7.16. The van der Waals surface area contributed by atoms with E-state index in [-0.39, 0.29) is 0 Å². The summed E-state index contributed by atoms with van der Waals surface area (Å²) in [7, 11) is -1.91. The fraction of sp³-hybridized carbons (Fsp3) is 0.222. The number of aryl methyl sites for hydroxylation is 1. The van der Waals surface area contributed by atoms with E-state index in [2.05, 4.69) is 4.98 Å². The highest BCUT2D eigenvalue weighted by Gasteiger charge is 2.23. The molecule has 0 aromatic carbocycles. The maximum Gasteiger partial charge on any atom is 0.275 e. The average Bonchev–Trinajstić information content (AvgIpc) is 2.86. The van der Waals surface area contributed by atoms with E-state index in [0.29, 0.717) is 9.34 Å². The fourth-order valence-corrected chi connectivity index (χ4v) is 4.44. The molecule has 4 nitrogen and oxygen atoms in total. The van der Waals surface area contributed by atoms with Crippen molar-refractivity contribution in [1.82, 2.24) is 4.98 Å². The molecule has 2 heterocycles. The summed E-state index contributed by atoms with van der Waals surface area (Å²) >= 11 is 2.53. The van der Waals surface area contributed by atoms with Crippen LogP contribution in [0.2, 0.25) is 0 Å². The van der Waals surface area contributed by atoms with Crippen molar-refractivity contribution in [1.29, 1.82) is 0 Å². The maximum atomic E-state index is 12.1. The average molecular weight is 274 g/mol. The van der Waals surface area contributed by atoms with Crippen LogP contribution < -0.4 is 4.31 Å². The number of nitrogens with zero attached hydrogens (tertiary/aromatic N) is 2. The van der Waals surface area contributed by atoms with Crippen LogP contribution in [0.3, 0.4) is 0 Å². The molecule has 16 heavy (non-hydrogen) atoms. The normalized spacial score (nSPS) is 11.6. The molecular formula is C9H10N2O2S3. The van der Waals surface area contributed by atoms with Crippen molar-refractivity contribution in [2.75, 3.05) is 11.4 Å². The van der Waals surface area contributed by atoms with Crippen LogP contribution in [0, 0.1) is 6.92 Å². The Morgan fingerprint density at radius 1 is 1.38 bits per heavy atom. The highest BCUT2D eigenvalue weighted by molar-refractivity contribution is 7.94. The predicted molar refractivity (Wildman–Crippen MR) is 66.8 cm³/mol. The Balaban J connectivity index is 2.39. The lowest BCUT2D eigenvalue weighted by Gasteiger charge is -2.14. The zero-order chi connectivity index (χ0) is 11.8. The van der Waals surface area contributed by atoms with Gasteiger partial charge in [0.25, 0.3) is 10.0 Å². The smallest absolute Gasteiger partial charge is 0.244 e. The first-order valence-electron chi connectivity index (χ1n) is 4.46. The summed E-state index contributed by atoms with van der Waals surface area (Å²) in [6.45, 7) is 1.84. The van der Waals surface area contributed by atoms with Crippen molar-refractivity contribution in [3.05, 3.63) is 28.6 Å². The van der Waals surface area contributed by atoms with Crippen LogP contribution in [0.15, 0.2) is 27.1 Å². The van der Waals surface area contributed by atoms with Crippen LogP contribution in [0.25, 0.3) is 0 Å². The second-order valence-electron chi connectivity index (χ2n) is 3.18. The number of rotatable bonds is 3. The molecule has 0 radical (unpaired) electrons. The summed E-state index contributed by atoms with van der Waals surface area (Å²) in [4.78, 5) is 4.16. The molecule has 0 aliphatic rings. The van der Waals surface area contributed by atoms with Crippen molar-refractivity contribution < 1.29 is 8.42 Å². The second kappa shape index (κ2) is 4.15. The minimum Gasteiger partial charge on any atom is -0.244 e.